The summed E-state index contributed by atoms with van der Waals surface area (Å²) in [7, 11) is 0. The average molecular weight is 483 g/mol. The topological polar surface area (TPSA) is 51.6 Å². The fourth-order valence-corrected chi connectivity index (χ4v) is 5.47. The molecule has 2 atom stereocenters. The van der Waals surface area contributed by atoms with Gasteiger partial charge in [-0.1, -0.05) is 36.4 Å². The molecular weight excluding hydrogens is 456 g/mol. The maximum absolute atomic E-state index is 5.90. The second-order valence-corrected chi connectivity index (χ2v) is 9.32. The molecule has 2 aromatic heterocycles. The molecule has 7 heteroatoms. The number of anilines is 1. The van der Waals surface area contributed by atoms with Crippen LogP contribution in [0.5, 0.6) is 11.5 Å². The molecule has 4 heterocycles. The Labute approximate surface area is 210 Å². The van der Waals surface area contributed by atoms with E-state index in [1.165, 1.54) is 22.5 Å². The summed E-state index contributed by atoms with van der Waals surface area (Å²) >= 11 is 5.90. The first-order chi connectivity index (χ1) is 17.1. The lowest BCUT2D eigenvalue weighted by Crippen LogP contribution is -2.29. The van der Waals surface area contributed by atoms with E-state index < -0.39 is 0 Å². The van der Waals surface area contributed by atoms with Gasteiger partial charge in [-0.15, -0.1) is 0 Å². The summed E-state index contributed by atoms with van der Waals surface area (Å²) < 4.78 is 13.6. The van der Waals surface area contributed by atoms with E-state index in [4.69, 9.17) is 21.7 Å². The van der Waals surface area contributed by atoms with E-state index in [9.17, 15) is 0 Å². The van der Waals surface area contributed by atoms with Crippen molar-refractivity contribution in [1.29, 1.82) is 0 Å². The van der Waals surface area contributed by atoms with Crippen LogP contribution in [0.25, 0.3) is 0 Å². The lowest BCUT2D eigenvalue weighted by molar-refractivity contribution is 0.174. The molecule has 4 aromatic rings. The number of rotatable bonds is 5. The Kier molecular flexibility index (Phi) is 5.41. The molecule has 6 rings (SSSR count). The standard InChI is InChI=1S/C28H26N4O2S/c1-18-14-22(19(2)31(18)16-20-8-4-3-5-9-20)27-26(23-10-6-7-13-29-23)30-28(35)32(27)21-11-12-24-25(15-21)34-17-33-24/h3-15,26-27H,16-17H2,1-2H3,(H,30,35). The van der Waals surface area contributed by atoms with E-state index in [0.717, 1.165) is 29.4 Å². The van der Waals surface area contributed by atoms with Gasteiger partial charge >= 0.3 is 0 Å². The normalized spacial score (nSPS) is 18.7. The average Bonchev–Trinajstić information content (AvgIpc) is 3.56. The molecule has 1 saturated heterocycles. The van der Waals surface area contributed by atoms with E-state index in [1.54, 1.807) is 0 Å². The van der Waals surface area contributed by atoms with Crippen molar-refractivity contribution in [3.05, 3.63) is 107 Å². The van der Waals surface area contributed by atoms with Crippen molar-refractivity contribution < 1.29 is 9.47 Å². The highest BCUT2D eigenvalue weighted by Gasteiger charge is 2.42. The van der Waals surface area contributed by atoms with Crippen molar-refractivity contribution >= 4 is 23.0 Å². The number of fused-ring (bicyclic) bond motifs is 1. The first kappa shape index (κ1) is 21.7. The van der Waals surface area contributed by atoms with Gasteiger partial charge in [-0.05, 0) is 67.5 Å². The van der Waals surface area contributed by atoms with Gasteiger partial charge in [0.15, 0.2) is 16.6 Å². The van der Waals surface area contributed by atoms with Crippen LogP contribution in [-0.4, -0.2) is 21.5 Å². The fourth-order valence-electron chi connectivity index (χ4n) is 5.12. The Morgan fingerprint density at radius 1 is 0.971 bits per heavy atom. The van der Waals surface area contributed by atoms with Crippen LogP contribution in [-0.2, 0) is 6.54 Å². The minimum atomic E-state index is -0.0974. The maximum atomic E-state index is 5.90. The van der Waals surface area contributed by atoms with Crippen LogP contribution in [0.1, 0.15) is 40.3 Å². The Morgan fingerprint density at radius 3 is 2.57 bits per heavy atom. The fraction of sp³-hybridized carbons (Fsp3) is 0.214. The van der Waals surface area contributed by atoms with E-state index in [-0.39, 0.29) is 18.9 Å². The van der Waals surface area contributed by atoms with Crippen molar-refractivity contribution in [3.63, 3.8) is 0 Å². The third-order valence-corrected chi connectivity index (χ3v) is 7.16. The molecular formula is C28H26N4O2S. The zero-order valence-corrected chi connectivity index (χ0v) is 20.5. The zero-order valence-electron chi connectivity index (χ0n) is 19.6. The quantitative estimate of drug-likeness (QED) is 0.382. The number of pyridine rings is 1. The Bertz CT molecular complexity index is 1390. The molecule has 35 heavy (non-hydrogen) atoms. The van der Waals surface area contributed by atoms with Crippen LogP contribution in [0, 0.1) is 13.8 Å². The van der Waals surface area contributed by atoms with Gasteiger partial charge in [0.05, 0.1) is 17.8 Å². The maximum Gasteiger partial charge on any atom is 0.231 e. The first-order valence-electron chi connectivity index (χ1n) is 11.7. The van der Waals surface area contributed by atoms with E-state index in [1.807, 2.05) is 36.5 Å². The summed E-state index contributed by atoms with van der Waals surface area (Å²) in [5, 5.41) is 4.22. The number of hydrogen-bond acceptors (Lipinski definition) is 4. The highest BCUT2D eigenvalue weighted by Crippen LogP contribution is 2.45. The molecule has 2 unspecified atom stereocenters. The second-order valence-electron chi connectivity index (χ2n) is 8.93. The van der Waals surface area contributed by atoms with Crippen LogP contribution in [0.2, 0.25) is 0 Å². The van der Waals surface area contributed by atoms with Crippen molar-refractivity contribution in [3.8, 4) is 11.5 Å². The molecule has 1 fully saturated rings. The van der Waals surface area contributed by atoms with Gasteiger partial charge in [0, 0.05) is 35.9 Å². The first-order valence-corrected chi connectivity index (χ1v) is 12.1. The summed E-state index contributed by atoms with van der Waals surface area (Å²) in [6.07, 6.45) is 1.83. The predicted octanol–water partition coefficient (Wildman–Crippen LogP) is 5.45. The van der Waals surface area contributed by atoms with E-state index in [2.05, 4.69) is 76.1 Å². The predicted molar refractivity (Wildman–Crippen MR) is 140 cm³/mol. The molecule has 0 aliphatic carbocycles. The van der Waals surface area contributed by atoms with Gasteiger partial charge in [0.1, 0.15) is 0 Å². The van der Waals surface area contributed by atoms with Gasteiger partial charge in [-0.3, -0.25) is 4.98 Å². The molecule has 0 bridgehead atoms. The highest BCUT2D eigenvalue weighted by molar-refractivity contribution is 7.80. The smallest absolute Gasteiger partial charge is 0.231 e. The molecule has 0 saturated carbocycles. The molecule has 2 aliphatic rings. The Balaban J connectivity index is 1.46. The third kappa shape index (κ3) is 3.82. The van der Waals surface area contributed by atoms with Crippen LogP contribution >= 0.6 is 12.2 Å². The van der Waals surface area contributed by atoms with Crippen molar-refractivity contribution in [2.75, 3.05) is 11.7 Å². The van der Waals surface area contributed by atoms with Crippen LogP contribution < -0.4 is 19.7 Å². The number of benzene rings is 2. The van der Waals surface area contributed by atoms with Crippen LogP contribution in [0.4, 0.5) is 5.69 Å². The number of ether oxygens (including phenoxy) is 2. The van der Waals surface area contributed by atoms with Crippen molar-refractivity contribution in [2.24, 2.45) is 0 Å². The largest absolute Gasteiger partial charge is 0.454 e. The number of nitrogens with zero attached hydrogens (tertiary/aromatic N) is 3. The summed E-state index contributed by atoms with van der Waals surface area (Å²) in [5.74, 6) is 1.49. The van der Waals surface area contributed by atoms with Gasteiger partial charge in [-0.25, -0.2) is 0 Å². The molecule has 176 valence electrons. The highest BCUT2D eigenvalue weighted by atomic mass is 32.1. The minimum Gasteiger partial charge on any atom is -0.454 e. The van der Waals surface area contributed by atoms with Gasteiger partial charge in [-0.2, -0.15) is 0 Å². The molecule has 2 aliphatic heterocycles. The van der Waals surface area contributed by atoms with Gasteiger partial charge in [0.25, 0.3) is 0 Å². The van der Waals surface area contributed by atoms with Crippen molar-refractivity contribution in [1.82, 2.24) is 14.9 Å². The van der Waals surface area contributed by atoms with Gasteiger partial charge < -0.3 is 24.3 Å². The molecule has 0 radical (unpaired) electrons. The number of aromatic nitrogens is 2. The summed E-state index contributed by atoms with van der Waals surface area (Å²) in [4.78, 5) is 6.87. The Hall–Kier alpha value is -3.84. The third-order valence-electron chi connectivity index (χ3n) is 6.85. The minimum absolute atomic E-state index is 0.0755. The molecule has 0 amide bonds. The van der Waals surface area contributed by atoms with E-state index >= 15 is 0 Å². The summed E-state index contributed by atoms with van der Waals surface area (Å²) in [5.41, 5.74) is 6.84. The lowest BCUT2D eigenvalue weighted by atomic mass is 9.96. The second kappa shape index (κ2) is 8.74. The number of hydrogen-bond donors (Lipinski definition) is 1. The molecule has 6 nitrogen and oxygen atoms in total. The summed E-state index contributed by atoms with van der Waals surface area (Å²) in [6.45, 7) is 5.42. The van der Waals surface area contributed by atoms with Crippen LogP contribution in [0.3, 0.4) is 0 Å². The van der Waals surface area contributed by atoms with Gasteiger partial charge in [0.2, 0.25) is 6.79 Å². The van der Waals surface area contributed by atoms with Crippen molar-refractivity contribution in [2.45, 2.75) is 32.5 Å². The summed E-state index contributed by atoms with van der Waals surface area (Å²) in [6, 6.07) is 24.7. The number of nitrogens with one attached hydrogen (secondary N) is 1. The lowest BCUT2D eigenvalue weighted by Gasteiger charge is -2.28. The zero-order chi connectivity index (χ0) is 23.9. The molecule has 0 spiro atoms. The Morgan fingerprint density at radius 2 is 1.77 bits per heavy atom. The number of thiocarbonyl (C=S) groups is 1. The van der Waals surface area contributed by atoms with Crippen LogP contribution in [0.15, 0.2) is 79.0 Å². The number of aryl methyl sites for hydroxylation is 1. The van der Waals surface area contributed by atoms with E-state index in [0.29, 0.717) is 5.11 Å². The monoisotopic (exact) mass is 482 g/mol. The molecule has 1 N–H and O–H groups in total. The molecule has 2 aromatic carbocycles. The SMILES string of the molecule is Cc1cc(C2C(c3ccccn3)NC(=S)N2c2ccc3c(c2)OCO3)c(C)n1Cc1ccccc1.